The summed E-state index contributed by atoms with van der Waals surface area (Å²) >= 11 is 12.1. The Kier molecular flexibility index (Phi) is 11.0. The highest BCUT2D eigenvalue weighted by molar-refractivity contribution is 6.37. The lowest BCUT2D eigenvalue weighted by Crippen LogP contribution is -2.15. The van der Waals surface area contributed by atoms with Gasteiger partial charge in [-0.05, 0) is 49.1 Å². The van der Waals surface area contributed by atoms with Gasteiger partial charge in [0.2, 0.25) is 5.91 Å². The fourth-order valence-electron chi connectivity index (χ4n) is 3.31. The molecule has 6 heteroatoms. The standard InChI is InChI=1S/C25H33Cl2NO3/c1-3-4-5-6-7-8-9-10-19-11-13-20(14-12-19)31-16-15-23(29)28-22-17-21(26)18(2)24(27)25(22)30/h11-14,17,30H,3-10,15-16H2,1-2H3,(H,28,29). The van der Waals surface area contributed by atoms with Crippen LogP contribution in [0.15, 0.2) is 30.3 Å². The van der Waals surface area contributed by atoms with E-state index in [0.717, 1.165) is 12.2 Å². The van der Waals surface area contributed by atoms with E-state index in [0.29, 0.717) is 10.6 Å². The van der Waals surface area contributed by atoms with Gasteiger partial charge in [0.05, 0.1) is 23.7 Å². The molecule has 0 heterocycles. The van der Waals surface area contributed by atoms with Gasteiger partial charge in [0.25, 0.3) is 0 Å². The van der Waals surface area contributed by atoms with Crippen LogP contribution >= 0.6 is 23.2 Å². The predicted octanol–water partition coefficient (Wildman–Crippen LogP) is 7.71. The first-order chi connectivity index (χ1) is 14.9. The van der Waals surface area contributed by atoms with E-state index in [4.69, 9.17) is 27.9 Å². The number of hydrogen-bond donors (Lipinski definition) is 2. The second-order valence-electron chi connectivity index (χ2n) is 7.86. The number of phenolic OH excluding ortho intramolecular Hbond substituents is 1. The van der Waals surface area contributed by atoms with Crippen LogP contribution in [0.4, 0.5) is 5.69 Å². The van der Waals surface area contributed by atoms with Crippen molar-refractivity contribution in [1.29, 1.82) is 0 Å². The van der Waals surface area contributed by atoms with Gasteiger partial charge in [-0.25, -0.2) is 0 Å². The van der Waals surface area contributed by atoms with Crippen molar-refractivity contribution in [3.63, 3.8) is 0 Å². The molecule has 1 amide bonds. The molecule has 2 aromatic rings. The second kappa shape index (κ2) is 13.5. The van der Waals surface area contributed by atoms with Crippen LogP contribution in [0.1, 0.15) is 69.4 Å². The van der Waals surface area contributed by atoms with E-state index in [9.17, 15) is 9.90 Å². The van der Waals surface area contributed by atoms with Gasteiger partial charge in [0.15, 0.2) is 5.75 Å². The first-order valence-corrected chi connectivity index (χ1v) is 11.9. The lowest BCUT2D eigenvalue weighted by Gasteiger charge is -2.12. The Morgan fingerprint density at radius 2 is 1.68 bits per heavy atom. The van der Waals surface area contributed by atoms with E-state index in [1.807, 2.05) is 12.1 Å². The molecule has 0 aliphatic heterocycles. The van der Waals surface area contributed by atoms with Crippen molar-refractivity contribution in [2.24, 2.45) is 0 Å². The topological polar surface area (TPSA) is 58.6 Å². The molecular weight excluding hydrogens is 433 g/mol. The van der Waals surface area contributed by atoms with Crippen molar-refractivity contribution < 1.29 is 14.6 Å². The van der Waals surface area contributed by atoms with E-state index < -0.39 is 0 Å². The molecular formula is C25H33Cl2NO3. The molecule has 0 atom stereocenters. The Morgan fingerprint density at radius 3 is 2.35 bits per heavy atom. The number of amides is 1. The zero-order valence-electron chi connectivity index (χ0n) is 18.5. The fourth-order valence-corrected chi connectivity index (χ4v) is 3.77. The third-order valence-corrected chi connectivity index (χ3v) is 6.14. The zero-order chi connectivity index (χ0) is 22.6. The van der Waals surface area contributed by atoms with Crippen LogP contribution in [0.5, 0.6) is 11.5 Å². The van der Waals surface area contributed by atoms with Gasteiger partial charge in [0, 0.05) is 5.02 Å². The number of rotatable bonds is 13. The van der Waals surface area contributed by atoms with Gasteiger partial charge in [-0.2, -0.15) is 0 Å². The molecule has 0 fully saturated rings. The summed E-state index contributed by atoms with van der Waals surface area (Å²) in [7, 11) is 0. The maximum Gasteiger partial charge on any atom is 0.227 e. The Bertz CT molecular complexity index is 838. The molecule has 0 radical (unpaired) electrons. The monoisotopic (exact) mass is 465 g/mol. The smallest absolute Gasteiger partial charge is 0.227 e. The molecule has 31 heavy (non-hydrogen) atoms. The molecule has 0 aliphatic carbocycles. The molecule has 0 saturated carbocycles. The van der Waals surface area contributed by atoms with Crippen LogP contribution in [-0.4, -0.2) is 17.6 Å². The number of benzene rings is 2. The first-order valence-electron chi connectivity index (χ1n) is 11.1. The van der Waals surface area contributed by atoms with Gasteiger partial charge in [-0.1, -0.05) is 80.8 Å². The molecule has 0 spiro atoms. The number of unbranched alkanes of at least 4 members (excludes halogenated alkanes) is 6. The van der Waals surface area contributed by atoms with E-state index in [2.05, 4.69) is 24.4 Å². The van der Waals surface area contributed by atoms with Crippen molar-refractivity contribution in [3.8, 4) is 11.5 Å². The predicted molar refractivity (Wildman–Crippen MR) is 130 cm³/mol. The van der Waals surface area contributed by atoms with Gasteiger partial charge >= 0.3 is 0 Å². The second-order valence-corrected chi connectivity index (χ2v) is 8.64. The molecule has 170 valence electrons. The largest absolute Gasteiger partial charge is 0.504 e. The Balaban J connectivity index is 1.69. The summed E-state index contributed by atoms with van der Waals surface area (Å²) in [6.45, 7) is 4.17. The molecule has 0 aliphatic rings. The maximum absolute atomic E-state index is 12.2. The van der Waals surface area contributed by atoms with Gasteiger partial charge in [-0.15, -0.1) is 0 Å². The minimum atomic E-state index is -0.290. The number of nitrogens with one attached hydrogen (secondary N) is 1. The van der Waals surface area contributed by atoms with Crippen LogP contribution in [0.25, 0.3) is 0 Å². The third-order valence-electron chi connectivity index (χ3n) is 5.29. The molecule has 2 rings (SSSR count). The summed E-state index contributed by atoms with van der Waals surface area (Å²) in [5.41, 5.74) is 2.07. The lowest BCUT2D eigenvalue weighted by molar-refractivity contribution is -0.116. The Labute approximate surface area is 195 Å². The highest BCUT2D eigenvalue weighted by Crippen LogP contribution is 2.38. The number of phenols is 1. The van der Waals surface area contributed by atoms with Crippen LogP contribution in [0.2, 0.25) is 10.0 Å². The van der Waals surface area contributed by atoms with Gasteiger partial charge < -0.3 is 15.2 Å². The third kappa shape index (κ3) is 8.62. The van der Waals surface area contributed by atoms with E-state index in [1.165, 1.54) is 56.6 Å². The van der Waals surface area contributed by atoms with Crippen LogP contribution < -0.4 is 10.1 Å². The number of carbonyl (C=O) groups excluding carboxylic acids is 1. The number of hydrogen-bond acceptors (Lipinski definition) is 3. The number of anilines is 1. The highest BCUT2D eigenvalue weighted by Gasteiger charge is 2.14. The van der Waals surface area contributed by atoms with Crippen molar-refractivity contribution in [2.75, 3.05) is 11.9 Å². The molecule has 0 saturated heterocycles. The summed E-state index contributed by atoms with van der Waals surface area (Å²) in [6, 6.07) is 9.54. The van der Waals surface area contributed by atoms with E-state index in [1.54, 1.807) is 6.92 Å². The summed E-state index contributed by atoms with van der Waals surface area (Å²) in [5.74, 6) is 0.261. The first kappa shape index (κ1) is 25.4. The molecule has 2 N–H and O–H groups in total. The number of halogens is 2. The highest BCUT2D eigenvalue weighted by atomic mass is 35.5. The fraction of sp³-hybridized carbons (Fsp3) is 0.480. The maximum atomic E-state index is 12.2. The van der Waals surface area contributed by atoms with Crippen molar-refractivity contribution in [3.05, 3.63) is 51.5 Å². The summed E-state index contributed by atoms with van der Waals surface area (Å²) < 4.78 is 5.67. The number of aromatic hydroxyl groups is 1. The van der Waals surface area contributed by atoms with Crippen LogP contribution in [-0.2, 0) is 11.2 Å². The molecule has 2 aromatic carbocycles. The van der Waals surface area contributed by atoms with Crippen LogP contribution in [0.3, 0.4) is 0 Å². The van der Waals surface area contributed by atoms with Gasteiger partial charge in [-0.3, -0.25) is 4.79 Å². The average molecular weight is 466 g/mol. The quantitative estimate of drug-likeness (QED) is 0.235. The Hall–Kier alpha value is -1.91. The SMILES string of the molecule is CCCCCCCCCc1ccc(OCCC(=O)Nc2cc(Cl)c(C)c(Cl)c2O)cc1. The molecule has 4 nitrogen and oxygen atoms in total. The average Bonchev–Trinajstić information content (AvgIpc) is 2.76. The zero-order valence-corrected chi connectivity index (χ0v) is 20.0. The van der Waals surface area contributed by atoms with E-state index >= 15 is 0 Å². The number of carbonyl (C=O) groups is 1. The minimum Gasteiger partial charge on any atom is -0.504 e. The van der Waals surface area contributed by atoms with Gasteiger partial charge in [0.1, 0.15) is 5.75 Å². The number of aryl methyl sites for hydroxylation is 1. The van der Waals surface area contributed by atoms with E-state index in [-0.39, 0.29) is 35.4 Å². The summed E-state index contributed by atoms with van der Waals surface area (Å²) in [6.07, 6.45) is 10.4. The Morgan fingerprint density at radius 1 is 1.03 bits per heavy atom. The minimum absolute atomic E-state index is 0.135. The summed E-state index contributed by atoms with van der Waals surface area (Å²) in [5, 5.41) is 13.2. The molecule has 0 aromatic heterocycles. The normalized spacial score (nSPS) is 10.8. The van der Waals surface area contributed by atoms with Crippen molar-refractivity contribution >= 4 is 34.8 Å². The molecule has 0 unspecified atom stereocenters. The van der Waals surface area contributed by atoms with Crippen molar-refractivity contribution in [1.82, 2.24) is 0 Å². The summed E-state index contributed by atoms with van der Waals surface area (Å²) in [4.78, 5) is 12.2. The molecule has 0 bridgehead atoms. The van der Waals surface area contributed by atoms with Crippen molar-refractivity contribution in [2.45, 2.75) is 71.6 Å². The number of ether oxygens (including phenoxy) is 1. The lowest BCUT2D eigenvalue weighted by atomic mass is 10.0. The van der Waals surface area contributed by atoms with Crippen LogP contribution in [0, 0.1) is 6.92 Å².